The van der Waals surface area contributed by atoms with Crippen LogP contribution in [0.3, 0.4) is 0 Å². The summed E-state index contributed by atoms with van der Waals surface area (Å²) in [5, 5.41) is 6.92. The van der Waals surface area contributed by atoms with Crippen molar-refractivity contribution in [1.29, 1.82) is 0 Å². The minimum atomic E-state index is 0.647. The Bertz CT molecular complexity index is 3080. The first-order valence-electron chi connectivity index (χ1n) is 15.7. The summed E-state index contributed by atoms with van der Waals surface area (Å²) in [4.78, 5) is 15.9. The van der Waals surface area contributed by atoms with E-state index in [4.69, 9.17) is 15.0 Å². The molecule has 6 heteroatoms. The largest absolute Gasteiger partial charge is 0.290 e. The van der Waals surface area contributed by atoms with E-state index in [0.29, 0.717) is 5.95 Å². The van der Waals surface area contributed by atoms with Gasteiger partial charge < -0.3 is 0 Å². The molecule has 47 heavy (non-hydrogen) atoms. The molecule has 0 unspecified atom stereocenters. The van der Waals surface area contributed by atoms with Gasteiger partial charge in [0.1, 0.15) is 5.65 Å². The summed E-state index contributed by atoms with van der Waals surface area (Å²) >= 11 is 1.86. The summed E-state index contributed by atoms with van der Waals surface area (Å²) in [6.07, 6.45) is 0. The van der Waals surface area contributed by atoms with Crippen molar-refractivity contribution in [2.24, 2.45) is 0 Å². The number of hydrogen-bond donors (Lipinski definition) is 0. The number of para-hydroxylation sites is 2. The summed E-state index contributed by atoms with van der Waals surface area (Å²) < 4.78 is 7.16. The molecule has 0 aliphatic rings. The van der Waals surface area contributed by atoms with Gasteiger partial charge in [0.05, 0.1) is 43.5 Å². The van der Waals surface area contributed by atoms with Crippen LogP contribution < -0.4 is 0 Å². The summed E-state index contributed by atoms with van der Waals surface area (Å²) in [5.41, 5.74) is 9.26. The predicted octanol–water partition coefficient (Wildman–Crippen LogP) is 10.7. The molecule has 5 nitrogen and oxygen atoms in total. The van der Waals surface area contributed by atoms with Crippen molar-refractivity contribution in [1.82, 2.24) is 23.9 Å². The lowest BCUT2D eigenvalue weighted by molar-refractivity contribution is 1.01. The zero-order valence-electron chi connectivity index (χ0n) is 24.9. The van der Waals surface area contributed by atoms with Crippen LogP contribution in [0.2, 0.25) is 0 Å². The van der Waals surface area contributed by atoms with Crippen molar-refractivity contribution in [2.75, 3.05) is 0 Å². The molecule has 0 aliphatic heterocycles. The predicted molar refractivity (Wildman–Crippen MR) is 196 cm³/mol. The van der Waals surface area contributed by atoms with E-state index >= 15 is 0 Å². The highest BCUT2D eigenvalue weighted by Gasteiger charge is 2.23. The maximum atomic E-state index is 5.49. The van der Waals surface area contributed by atoms with Crippen molar-refractivity contribution >= 4 is 91.8 Å². The first-order chi connectivity index (χ1) is 23.3. The fraction of sp³-hybridized carbons (Fsp3) is 0. The third kappa shape index (κ3) is 3.34. The Hall–Kier alpha value is -6.11. The molecular weight excluding hydrogens is 595 g/mol. The second-order valence-corrected chi connectivity index (χ2v) is 13.1. The maximum absolute atomic E-state index is 5.49. The summed E-state index contributed by atoms with van der Waals surface area (Å²) in [6, 6.07) is 49.1. The van der Waals surface area contributed by atoms with Crippen LogP contribution in [0, 0.1) is 0 Å². The Morgan fingerprint density at radius 3 is 2.04 bits per heavy atom. The Balaban J connectivity index is 1.31. The molecule has 0 saturated carbocycles. The molecule has 0 fully saturated rings. The van der Waals surface area contributed by atoms with Gasteiger partial charge in [0.15, 0.2) is 0 Å². The molecule has 0 spiro atoms. The molecule has 0 amide bonds. The highest BCUT2D eigenvalue weighted by molar-refractivity contribution is 7.26. The molecule has 5 aromatic heterocycles. The quantitative estimate of drug-likeness (QED) is 0.194. The van der Waals surface area contributed by atoms with E-state index in [1.165, 1.54) is 25.7 Å². The van der Waals surface area contributed by atoms with Gasteiger partial charge in [0.2, 0.25) is 5.95 Å². The van der Waals surface area contributed by atoms with Crippen LogP contribution in [0.25, 0.3) is 97.7 Å². The van der Waals surface area contributed by atoms with Crippen molar-refractivity contribution in [3.63, 3.8) is 0 Å². The van der Waals surface area contributed by atoms with Gasteiger partial charge in [-0.1, -0.05) is 109 Å². The molecule has 0 saturated heterocycles. The molecule has 11 rings (SSSR count). The van der Waals surface area contributed by atoms with E-state index in [2.05, 4.69) is 136 Å². The number of fused-ring (bicyclic) bond motifs is 15. The standard InChI is InChI=1S/C41H23N5S/c1-2-12-24(13-3-1)36-27-16-6-9-19-30(27)42-41(44-36)45-31-20-10-7-17-28(31)35-32(45)22-23-33-37(35)43-40-26-15-5-4-14-25(26)39-38(46(33)40)29-18-8-11-21-34(29)47-39/h1-23H. The number of rotatable bonds is 2. The highest BCUT2D eigenvalue weighted by atomic mass is 32.1. The molecule has 0 N–H and O–H groups in total. The SMILES string of the molecule is c1ccc(-c2nc(-n3c4ccccc4c4c5nc6c7ccccc7c7sc8ccccc8c7n6c5ccc43)nc3ccccc23)cc1. The Kier molecular flexibility index (Phi) is 4.93. The highest BCUT2D eigenvalue weighted by Crippen LogP contribution is 2.43. The first-order valence-corrected chi connectivity index (χ1v) is 16.5. The zero-order valence-corrected chi connectivity index (χ0v) is 25.7. The molecule has 0 radical (unpaired) electrons. The van der Waals surface area contributed by atoms with Gasteiger partial charge in [-0.15, -0.1) is 11.3 Å². The summed E-state index contributed by atoms with van der Waals surface area (Å²) in [7, 11) is 0. The van der Waals surface area contributed by atoms with E-state index in [0.717, 1.165) is 66.0 Å². The zero-order chi connectivity index (χ0) is 30.6. The molecular formula is C41H23N5S. The van der Waals surface area contributed by atoms with Crippen LogP contribution in [0.1, 0.15) is 0 Å². The van der Waals surface area contributed by atoms with Crippen molar-refractivity contribution < 1.29 is 0 Å². The lowest BCUT2D eigenvalue weighted by atomic mass is 10.1. The van der Waals surface area contributed by atoms with Crippen molar-refractivity contribution in [3.05, 3.63) is 140 Å². The second-order valence-electron chi connectivity index (χ2n) is 12.0. The summed E-state index contributed by atoms with van der Waals surface area (Å²) in [5.74, 6) is 0.647. The van der Waals surface area contributed by atoms with Crippen molar-refractivity contribution in [2.45, 2.75) is 0 Å². The third-order valence-corrected chi connectivity index (χ3v) is 10.7. The van der Waals surface area contributed by atoms with Crippen LogP contribution in [-0.4, -0.2) is 23.9 Å². The van der Waals surface area contributed by atoms with Crippen molar-refractivity contribution in [3.8, 4) is 17.2 Å². The van der Waals surface area contributed by atoms with E-state index in [-0.39, 0.29) is 0 Å². The fourth-order valence-corrected chi connectivity index (χ4v) is 8.74. The van der Waals surface area contributed by atoms with Gasteiger partial charge in [-0.05, 0) is 30.3 Å². The average molecular weight is 618 g/mol. The molecule has 11 aromatic rings. The molecule has 0 bridgehead atoms. The van der Waals surface area contributed by atoms with Crippen LogP contribution >= 0.6 is 11.3 Å². The van der Waals surface area contributed by atoms with E-state index in [9.17, 15) is 0 Å². The molecule has 218 valence electrons. The smallest absolute Gasteiger partial charge is 0.235 e. The molecule has 6 aromatic carbocycles. The number of benzene rings is 6. The lowest BCUT2D eigenvalue weighted by Crippen LogP contribution is -2.03. The van der Waals surface area contributed by atoms with Gasteiger partial charge in [-0.2, -0.15) is 0 Å². The van der Waals surface area contributed by atoms with Crippen LogP contribution in [0.4, 0.5) is 0 Å². The van der Waals surface area contributed by atoms with Crippen LogP contribution in [0.15, 0.2) is 140 Å². The lowest BCUT2D eigenvalue weighted by Gasteiger charge is -2.11. The van der Waals surface area contributed by atoms with Gasteiger partial charge >= 0.3 is 0 Å². The Labute approximate surface area is 271 Å². The number of pyridine rings is 1. The van der Waals surface area contributed by atoms with E-state index in [1.807, 2.05) is 23.5 Å². The Morgan fingerprint density at radius 2 is 1.17 bits per heavy atom. The number of hydrogen-bond acceptors (Lipinski definition) is 4. The topological polar surface area (TPSA) is 48.0 Å². The number of thiophene rings is 1. The monoisotopic (exact) mass is 617 g/mol. The van der Waals surface area contributed by atoms with Crippen LogP contribution in [-0.2, 0) is 0 Å². The minimum Gasteiger partial charge on any atom is -0.290 e. The number of nitrogens with zero attached hydrogens (tertiary/aromatic N) is 5. The first kappa shape index (κ1) is 25.1. The Morgan fingerprint density at radius 1 is 0.489 bits per heavy atom. The van der Waals surface area contributed by atoms with Gasteiger partial charge in [-0.3, -0.25) is 8.97 Å². The maximum Gasteiger partial charge on any atom is 0.235 e. The third-order valence-electron chi connectivity index (χ3n) is 9.50. The van der Waals surface area contributed by atoms with Crippen LogP contribution in [0.5, 0.6) is 0 Å². The normalized spacial score (nSPS) is 12.3. The number of imidazole rings is 1. The molecule has 5 heterocycles. The number of aromatic nitrogens is 5. The summed E-state index contributed by atoms with van der Waals surface area (Å²) in [6.45, 7) is 0. The van der Waals surface area contributed by atoms with Gasteiger partial charge in [-0.25, -0.2) is 15.0 Å². The fourth-order valence-electron chi connectivity index (χ4n) is 7.51. The minimum absolute atomic E-state index is 0.647. The van der Waals surface area contributed by atoms with E-state index in [1.54, 1.807) is 0 Å². The molecule has 0 aliphatic carbocycles. The molecule has 0 atom stereocenters. The second kappa shape index (κ2) is 9.22. The van der Waals surface area contributed by atoms with E-state index < -0.39 is 0 Å². The van der Waals surface area contributed by atoms with Gasteiger partial charge in [0.25, 0.3) is 0 Å². The average Bonchev–Trinajstić information content (AvgIpc) is 3.81. The van der Waals surface area contributed by atoms with Gasteiger partial charge in [0, 0.05) is 42.6 Å².